The molecule has 0 N–H and O–H groups in total. The number of aliphatic carboxylic acids is 1. The molecule has 0 saturated carbocycles. The van der Waals surface area contributed by atoms with E-state index in [0.717, 1.165) is 6.08 Å². The molecule has 4 nitrogen and oxygen atoms in total. The predicted molar refractivity (Wildman–Crippen MR) is 53.6 cm³/mol. The van der Waals surface area contributed by atoms with E-state index in [-0.39, 0.29) is 0 Å². The third-order valence-electron chi connectivity index (χ3n) is 1.83. The molecule has 0 aliphatic carbocycles. The van der Waals surface area contributed by atoms with Gasteiger partial charge in [0.05, 0.1) is 20.2 Å². The smallest absolute Gasteiger partial charge is 0.167 e. The first-order valence-corrected chi connectivity index (χ1v) is 4.29. The van der Waals surface area contributed by atoms with Gasteiger partial charge in [-0.15, -0.1) is 0 Å². The summed E-state index contributed by atoms with van der Waals surface area (Å²) in [5.41, 5.74) is 0.626. The number of carboxylic acids is 1. The average Bonchev–Trinajstić information content (AvgIpc) is 2.25. The minimum absolute atomic E-state index is 0.498. The summed E-state index contributed by atoms with van der Waals surface area (Å²) in [4.78, 5) is 10.3. The van der Waals surface area contributed by atoms with Crippen LogP contribution in [0.3, 0.4) is 0 Å². The Hall–Kier alpha value is -1.97. The highest BCUT2D eigenvalue weighted by Crippen LogP contribution is 2.31. The van der Waals surface area contributed by atoms with E-state index in [9.17, 15) is 9.90 Å². The Balaban J connectivity index is 3.11. The van der Waals surface area contributed by atoms with Crippen LogP contribution in [0.4, 0.5) is 0 Å². The van der Waals surface area contributed by atoms with Crippen LogP contribution in [-0.2, 0) is 4.79 Å². The number of benzene rings is 1. The minimum atomic E-state index is -1.25. The standard InChI is InChI=1S/C11H12O4/c1-14-9-5-3-4-8(11(9)15-2)6-7-10(12)13/h3-7H,1-2H3,(H,12,13)/p-1. The van der Waals surface area contributed by atoms with E-state index >= 15 is 0 Å². The van der Waals surface area contributed by atoms with Gasteiger partial charge in [0, 0.05) is 5.56 Å². The molecule has 1 aromatic carbocycles. The molecule has 0 radical (unpaired) electrons. The van der Waals surface area contributed by atoms with E-state index in [1.807, 2.05) is 0 Å². The third-order valence-corrected chi connectivity index (χ3v) is 1.83. The third kappa shape index (κ3) is 2.74. The quantitative estimate of drug-likeness (QED) is 0.673. The fourth-order valence-electron chi connectivity index (χ4n) is 1.20. The zero-order valence-electron chi connectivity index (χ0n) is 8.52. The molecule has 0 atom stereocenters. The topological polar surface area (TPSA) is 58.6 Å². The molecular weight excluding hydrogens is 196 g/mol. The number of hydrogen-bond donors (Lipinski definition) is 0. The monoisotopic (exact) mass is 207 g/mol. The first-order valence-electron chi connectivity index (χ1n) is 4.29. The van der Waals surface area contributed by atoms with Crippen LogP contribution in [0.2, 0.25) is 0 Å². The van der Waals surface area contributed by atoms with Gasteiger partial charge < -0.3 is 19.4 Å². The fourth-order valence-corrected chi connectivity index (χ4v) is 1.20. The first-order chi connectivity index (χ1) is 7.19. The number of carbonyl (C=O) groups is 1. The lowest BCUT2D eigenvalue weighted by Gasteiger charge is -2.09. The molecule has 1 aromatic rings. The van der Waals surface area contributed by atoms with Gasteiger partial charge in [-0.3, -0.25) is 0 Å². The lowest BCUT2D eigenvalue weighted by Crippen LogP contribution is -2.18. The zero-order chi connectivity index (χ0) is 11.3. The van der Waals surface area contributed by atoms with Crippen molar-refractivity contribution in [1.82, 2.24) is 0 Å². The number of carboxylic acid groups (broad SMARTS) is 1. The highest BCUT2D eigenvalue weighted by molar-refractivity contribution is 5.84. The lowest BCUT2D eigenvalue weighted by molar-refractivity contribution is -0.297. The van der Waals surface area contributed by atoms with Crippen LogP contribution in [0.15, 0.2) is 24.3 Å². The molecule has 0 saturated heterocycles. The van der Waals surface area contributed by atoms with E-state index in [1.54, 1.807) is 18.2 Å². The molecule has 0 aliphatic rings. The molecule has 1 rings (SSSR count). The molecule has 15 heavy (non-hydrogen) atoms. The number of ether oxygens (including phenoxy) is 2. The van der Waals surface area contributed by atoms with Crippen LogP contribution < -0.4 is 14.6 Å². The molecule has 0 aromatic heterocycles. The summed E-state index contributed by atoms with van der Waals surface area (Å²) in [5.74, 6) is -0.199. The van der Waals surface area contributed by atoms with Crippen molar-refractivity contribution < 1.29 is 19.4 Å². The highest BCUT2D eigenvalue weighted by atomic mass is 16.5. The molecule has 80 valence electrons. The maximum atomic E-state index is 10.3. The molecule has 0 aliphatic heterocycles. The van der Waals surface area contributed by atoms with Gasteiger partial charge in [0.1, 0.15) is 0 Å². The summed E-state index contributed by atoms with van der Waals surface area (Å²) in [6.07, 6.45) is 2.34. The predicted octanol–water partition coefficient (Wildman–Crippen LogP) is 0.467. The molecule has 4 heteroatoms. The molecular formula is C11H11O4-. The van der Waals surface area contributed by atoms with Crippen LogP contribution in [-0.4, -0.2) is 20.2 Å². The summed E-state index contributed by atoms with van der Waals surface area (Å²) >= 11 is 0. The van der Waals surface area contributed by atoms with E-state index in [0.29, 0.717) is 17.1 Å². The number of hydrogen-bond acceptors (Lipinski definition) is 4. The van der Waals surface area contributed by atoms with Crippen molar-refractivity contribution >= 4 is 12.0 Å². The van der Waals surface area contributed by atoms with E-state index in [1.165, 1.54) is 20.3 Å². The maximum absolute atomic E-state index is 10.3. The molecule has 0 spiro atoms. The van der Waals surface area contributed by atoms with E-state index in [4.69, 9.17) is 9.47 Å². The summed E-state index contributed by atoms with van der Waals surface area (Å²) < 4.78 is 10.2. The molecule has 0 unspecified atom stereocenters. The Bertz CT molecular complexity index is 382. The van der Waals surface area contributed by atoms with Crippen molar-refractivity contribution in [2.24, 2.45) is 0 Å². The fraction of sp³-hybridized carbons (Fsp3) is 0.182. The number of carbonyl (C=O) groups excluding carboxylic acids is 1. The van der Waals surface area contributed by atoms with Gasteiger partial charge in [-0.25, -0.2) is 0 Å². The van der Waals surface area contributed by atoms with Gasteiger partial charge in [0.15, 0.2) is 11.5 Å². The number of rotatable bonds is 4. The van der Waals surface area contributed by atoms with E-state index < -0.39 is 5.97 Å². The van der Waals surface area contributed by atoms with Gasteiger partial charge in [0.2, 0.25) is 0 Å². The molecule has 0 amide bonds. The Kier molecular flexibility index (Phi) is 3.74. The summed E-state index contributed by atoms with van der Waals surface area (Å²) in [7, 11) is 3.01. The van der Waals surface area contributed by atoms with Crippen molar-refractivity contribution in [3.05, 3.63) is 29.8 Å². The summed E-state index contributed by atoms with van der Waals surface area (Å²) in [6, 6.07) is 5.20. The van der Waals surface area contributed by atoms with Crippen molar-refractivity contribution in [3.63, 3.8) is 0 Å². The van der Waals surface area contributed by atoms with Crippen molar-refractivity contribution in [2.45, 2.75) is 0 Å². The van der Waals surface area contributed by atoms with Gasteiger partial charge >= 0.3 is 0 Å². The maximum Gasteiger partial charge on any atom is 0.167 e. The van der Waals surface area contributed by atoms with E-state index in [2.05, 4.69) is 0 Å². The summed E-state index contributed by atoms with van der Waals surface area (Å²) in [5, 5.41) is 10.3. The SMILES string of the molecule is COc1cccc(C=CC(=O)[O-])c1OC. The zero-order valence-corrected chi connectivity index (χ0v) is 8.52. The normalized spacial score (nSPS) is 10.3. The first kappa shape index (κ1) is 11.1. The van der Waals surface area contributed by atoms with Gasteiger partial charge in [-0.1, -0.05) is 12.1 Å². The lowest BCUT2D eigenvalue weighted by atomic mass is 10.1. The van der Waals surface area contributed by atoms with Gasteiger partial charge in [-0.2, -0.15) is 0 Å². The second-order valence-electron chi connectivity index (χ2n) is 2.74. The second-order valence-corrected chi connectivity index (χ2v) is 2.74. The Morgan fingerprint density at radius 1 is 1.33 bits per heavy atom. The van der Waals surface area contributed by atoms with Gasteiger partial charge in [-0.05, 0) is 18.2 Å². The van der Waals surface area contributed by atoms with Crippen LogP contribution in [0.25, 0.3) is 6.08 Å². The number of methoxy groups -OCH3 is 2. The Morgan fingerprint density at radius 3 is 2.60 bits per heavy atom. The Labute approximate surface area is 87.7 Å². The van der Waals surface area contributed by atoms with Gasteiger partial charge in [0.25, 0.3) is 0 Å². The van der Waals surface area contributed by atoms with Crippen LogP contribution in [0, 0.1) is 0 Å². The molecule has 0 heterocycles. The second kappa shape index (κ2) is 5.05. The molecule has 0 bridgehead atoms. The van der Waals surface area contributed by atoms with Crippen LogP contribution in [0.5, 0.6) is 11.5 Å². The Morgan fingerprint density at radius 2 is 2.07 bits per heavy atom. The summed E-state index contributed by atoms with van der Waals surface area (Å²) in [6.45, 7) is 0. The van der Waals surface area contributed by atoms with Crippen LogP contribution in [0.1, 0.15) is 5.56 Å². The average molecular weight is 207 g/mol. The van der Waals surface area contributed by atoms with Crippen LogP contribution >= 0.6 is 0 Å². The number of para-hydroxylation sites is 1. The minimum Gasteiger partial charge on any atom is -0.545 e. The molecule has 0 fully saturated rings. The van der Waals surface area contributed by atoms with Crippen molar-refractivity contribution in [2.75, 3.05) is 14.2 Å². The highest BCUT2D eigenvalue weighted by Gasteiger charge is 2.05. The largest absolute Gasteiger partial charge is 0.545 e. The van der Waals surface area contributed by atoms with Crippen molar-refractivity contribution in [1.29, 1.82) is 0 Å². The van der Waals surface area contributed by atoms with Crippen molar-refractivity contribution in [3.8, 4) is 11.5 Å².